The Morgan fingerprint density at radius 3 is 2.30 bits per heavy atom. The number of aliphatic imine (C=N–C) groups is 1. The van der Waals surface area contributed by atoms with Gasteiger partial charge in [0.1, 0.15) is 17.2 Å². The molecule has 170 valence electrons. The molecule has 2 N–H and O–H groups in total. The summed E-state index contributed by atoms with van der Waals surface area (Å²) in [5, 5.41) is 6.94. The van der Waals surface area contributed by atoms with Crippen molar-refractivity contribution < 1.29 is 14.2 Å². The monoisotopic (exact) mass is 532 g/mol. The van der Waals surface area contributed by atoms with Crippen molar-refractivity contribution in [3.8, 4) is 17.2 Å². The second kappa shape index (κ2) is 14.3. The van der Waals surface area contributed by atoms with Crippen LogP contribution >= 0.6 is 24.0 Å². The predicted octanol–water partition coefficient (Wildman–Crippen LogP) is 3.08. The number of nitrogens with zero attached hydrogens (tertiary/aromatic N) is 2. The van der Waals surface area contributed by atoms with Crippen LogP contribution in [0, 0.1) is 0 Å². The van der Waals surface area contributed by atoms with Gasteiger partial charge in [0.25, 0.3) is 0 Å². The molecule has 0 amide bonds. The molecule has 1 heterocycles. The van der Waals surface area contributed by atoms with Crippen molar-refractivity contribution in [3.63, 3.8) is 0 Å². The molecule has 1 fully saturated rings. The van der Waals surface area contributed by atoms with Gasteiger partial charge in [0.15, 0.2) is 5.96 Å². The molecule has 30 heavy (non-hydrogen) atoms. The molecule has 1 aromatic rings. The highest BCUT2D eigenvalue weighted by Crippen LogP contribution is 2.34. The van der Waals surface area contributed by atoms with Crippen molar-refractivity contribution in [2.75, 3.05) is 54.1 Å². The van der Waals surface area contributed by atoms with E-state index in [0.29, 0.717) is 24.8 Å². The number of rotatable bonds is 10. The van der Waals surface area contributed by atoms with Crippen molar-refractivity contribution in [2.45, 2.75) is 32.2 Å². The summed E-state index contributed by atoms with van der Waals surface area (Å²) in [6.45, 7) is 10.5. The van der Waals surface area contributed by atoms with E-state index in [4.69, 9.17) is 19.2 Å². The molecule has 7 nitrogen and oxygen atoms in total. The highest BCUT2D eigenvalue weighted by Gasteiger charge is 2.19. The molecule has 0 radical (unpaired) electrons. The topological polar surface area (TPSA) is 67.4 Å². The van der Waals surface area contributed by atoms with Crippen LogP contribution in [0.4, 0.5) is 0 Å². The lowest BCUT2D eigenvalue weighted by Crippen LogP contribution is -2.48. The fraction of sp³-hybridized carbons (Fsp3) is 0.591. The molecule has 2 rings (SSSR count). The lowest BCUT2D eigenvalue weighted by molar-refractivity contribution is 0.225. The van der Waals surface area contributed by atoms with Gasteiger partial charge in [0.05, 0.1) is 21.3 Å². The molecule has 0 saturated carbocycles. The highest BCUT2D eigenvalue weighted by atomic mass is 127. The first-order valence-electron chi connectivity index (χ1n) is 10.3. The number of methoxy groups -OCH3 is 3. The second-order valence-corrected chi connectivity index (χ2v) is 7.03. The molecule has 0 bridgehead atoms. The third kappa shape index (κ3) is 7.86. The summed E-state index contributed by atoms with van der Waals surface area (Å²) >= 11 is 0. The van der Waals surface area contributed by atoms with Gasteiger partial charge in [-0.2, -0.15) is 0 Å². The van der Waals surface area contributed by atoms with Gasteiger partial charge in [0.2, 0.25) is 0 Å². The molecule has 1 saturated heterocycles. The van der Waals surface area contributed by atoms with E-state index >= 15 is 0 Å². The predicted molar refractivity (Wildman–Crippen MR) is 134 cm³/mol. The summed E-state index contributed by atoms with van der Waals surface area (Å²) in [6.07, 6.45) is 4.91. The number of hydrogen-bond donors (Lipinski definition) is 2. The van der Waals surface area contributed by atoms with Gasteiger partial charge in [0, 0.05) is 56.5 Å². The molecular formula is C22H37IN4O3. The Morgan fingerprint density at radius 1 is 1.17 bits per heavy atom. The lowest BCUT2D eigenvalue weighted by atomic mass is 10.1. The average Bonchev–Trinajstić information content (AvgIpc) is 2.75. The Balaban J connectivity index is 0.00000450. The third-order valence-corrected chi connectivity index (χ3v) is 5.11. The fourth-order valence-electron chi connectivity index (χ4n) is 3.56. The molecule has 1 aliphatic rings. The van der Waals surface area contributed by atoms with Crippen molar-refractivity contribution in [2.24, 2.45) is 4.99 Å². The number of ether oxygens (including phenoxy) is 3. The molecule has 0 atom stereocenters. The van der Waals surface area contributed by atoms with Gasteiger partial charge in [-0.1, -0.05) is 6.08 Å². The van der Waals surface area contributed by atoms with Crippen LogP contribution < -0.4 is 24.8 Å². The number of piperidine rings is 1. The van der Waals surface area contributed by atoms with Crippen LogP contribution in [0.2, 0.25) is 0 Å². The molecule has 0 aliphatic carbocycles. The van der Waals surface area contributed by atoms with E-state index in [1.165, 1.54) is 0 Å². The maximum atomic E-state index is 5.54. The smallest absolute Gasteiger partial charge is 0.191 e. The Labute approximate surface area is 198 Å². The van der Waals surface area contributed by atoms with E-state index in [1.54, 1.807) is 21.3 Å². The van der Waals surface area contributed by atoms with Gasteiger partial charge < -0.3 is 24.8 Å². The van der Waals surface area contributed by atoms with Crippen molar-refractivity contribution >= 4 is 29.9 Å². The Bertz CT molecular complexity index is 651. The van der Waals surface area contributed by atoms with Gasteiger partial charge in [-0.3, -0.25) is 9.89 Å². The maximum Gasteiger partial charge on any atom is 0.191 e. The summed E-state index contributed by atoms with van der Waals surface area (Å²) in [4.78, 5) is 7.20. The number of halogens is 1. The van der Waals surface area contributed by atoms with Gasteiger partial charge >= 0.3 is 0 Å². The van der Waals surface area contributed by atoms with Crippen molar-refractivity contribution in [1.29, 1.82) is 0 Å². The highest BCUT2D eigenvalue weighted by molar-refractivity contribution is 14.0. The lowest BCUT2D eigenvalue weighted by Gasteiger charge is -2.32. The van der Waals surface area contributed by atoms with Crippen LogP contribution in [0.1, 0.15) is 25.3 Å². The van der Waals surface area contributed by atoms with Gasteiger partial charge in [-0.05, 0) is 26.2 Å². The number of guanidine groups is 1. The van der Waals surface area contributed by atoms with Crippen LogP contribution in [-0.4, -0.2) is 71.0 Å². The Morgan fingerprint density at radius 2 is 1.80 bits per heavy atom. The standard InChI is InChI=1S/C22H36N4O3.HI/c1-6-12-26-13-9-17(10-14-26)25-22(23-7-2)24-11-8-19-20(28-4)15-18(27-3)16-21(19)29-5;/h6,15-17H,1,7-14H2,2-5H3,(H2,23,24,25);1H. The molecular weight excluding hydrogens is 495 g/mol. The first-order valence-corrected chi connectivity index (χ1v) is 10.3. The SMILES string of the molecule is C=CCN1CCC(NC(=NCCc2c(OC)cc(OC)cc2OC)NCC)CC1.I. The van der Waals surface area contributed by atoms with Gasteiger partial charge in [-0.15, -0.1) is 30.6 Å². The Hall–Kier alpha value is -1.68. The van der Waals surface area contributed by atoms with Crippen molar-refractivity contribution in [1.82, 2.24) is 15.5 Å². The van der Waals surface area contributed by atoms with Crippen LogP contribution in [0.5, 0.6) is 17.2 Å². The number of likely N-dealkylation sites (tertiary alicyclic amines) is 1. The van der Waals surface area contributed by atoms with E-state index < -0.39 is 0 Å². The van der Waals surface area contributed by atoms with Gasteiger partial charge in [-0.25, -0.2) is 0 Å². The quantitative estimate of drug-likeness (QED) is 0.209. The third-order valence-electron chi connectivity index (χ3n) is 5.11. The van der Waals surface area contributed by atoms with E-state index in [9.17, 15) is 0 Å². The molecule has 0 spiro atoms. The summed E-state index contributed by atoms with van der Waals surface area (Å²) in [5.74, 6) is 3.08. The minimum atomic E-state index is 0. The zero-order chi connectivity index (χ0) is 21.1. The summed E-state index contributed by atoms with van der Waals surface area (Å²) in [7, 11) is 4.95. The fourth-order valence-corrected chi connectivity index (χ4v) is 3.56. The largest absolute Gasteiger partial charge is 0.496 e. The summed E-state index contributed by atoms with van der Waals surface area (Å²) < 4.78 is 16.4. The zero-order valence-electron chi connectivity index (χ0n) is 18.7. The minimum Gasteiger partial charge on any atom is -0.496 e. The Kier molecular flexibility index (Phi) is 12.6. The van der Waals surface area contributed by atoms with Crippen LogP contribution in [0.3, 0.4) is 0 Å². The molecule has 1 aliphatic heterocycles. The molecule has 8 heteroatoms. The van der Waals surface area contributed by atoms with E-state index in [1.807, 2.05) is 18.2 Å². The number of nitrogens with one attached hydrogen (secondary N) is 2. The summed E-state index contributed by atoms with van der Waals surface area (Å²) in [6, 6.07) is 4.20. The normalized spacial score (nSPS) is 15.1. The van der Waals surface area contributed by atoms with E-state index in [-0.39, 0.29) is 24.0 Å². The van der Waals surface area contributed by atoms with E-state index in [2.05, 4.69) is 29.0 Å². The molecule has 0 unspecified atom stereocenters. The van der Waals surface area contributed by atoms with Crippen LogP contribution in [0.15, 0.2) is 29.8 Å². The second-order valence-electron chi connectivity index (χ2n) is 7.03. The first kappa shape index (κ1) is 26.4. The number of benzene rings is 1. The van der Waals surface area contributed by atoms with Crippen LogP contribution in [0.25, 0.3) is 0 Å². The maximum absolute atomic E-state index is 5.54. The molecule has 1 aromatic carbocycles. The molecule has 0 aromatic heterocycles. The van der Waals surface area contributed by atoms with E-state index in [0.717, 1.165) is 62.0 Å². The zero-order valence-corrected chi connectivity index (χ0v) is 21.0. The minimum absolute atomic E-state index is 0. The van der Waals surface area contributed by atoms with Crippen molar-refractivity contribution in [3.05, 3.63) is 30.4 Å². The number of hydrogen-bond acceptors (Lipinski definition) is 5. The average molecular weight is 532 g/mol. The first-order chi connectivity index (χ1) is 14.1. The van der Waals surface area contributed by atoms with Crippen LogP contribution in [-0.2, 0) is 6.42 Å². The summed E-state index contributed by atoms with van der Waals surface area (Å²) in [5.41, 5.74) is 0.994.